The number of fused-ring (bicyclic) bond motifs is 1. The fourth-order valence-corrected chi connectivity index (χ4v) is 3.90. The van der Waals surface area contributed by atoms with Crippen molar-refractivity contribution in [3.8, 4) is 0 Å². The lowest BCUT2D eigenvalue weighted by Gasteiger charge is -2.09. The molecule has 0 aliphatic carbocycles. The van der Waals surface area contributed by atoms with E-state index in [4.69, 9.17) is 4.74 Å². The minimum absolute atomic E-state index is 0.0923. The molecular weight excluding hydrogens is 390 g/mol. The number of nitrogens with one attached hydrogen (secondary N) is 2. The first-order chi connectivity index (χ1) is 13.9. The monoisotopic (exact) mass is 413 g/mol. The molecule has 2 N–H and O–H groups in total. The third-order valence-corrected chi connectivity index (χ3v) is 5.85. The lowest BCUT2D eigenvalue weighted by atomic mass is 10.2. The van der Waals surface area contributed by atoms with Gasteiger partial charge in [-0.25, -0.2) is 13.1 Å². The van der Waals surface area contributed by atoms with Crippen molar-refractivity contribution >= 4 is 32.5 Å². The van der Waals surface area contributed by atoms with E-state index >= 15 is 0 Å². The zero-order valence-corrected chi connectivity index (χ0v) is 16.9. The van der Waals surface area contributed by atoms with Gasteiger partial charge in [-0.1, -0.05) is 6.08 Å². The molecular formula is C21H23N3O4S. The van der Waals surface area contributed by atoms with E-state index in [0.717, 1.165) is 17.4 Å². The lowest BCUT2D eigenvalue weighted by molar-refractivity contribution is 0.102. The van der Waals surface area contributed by atoms with E-state index in [9.17, 15) is 13.2 Å². The summed E-state index contributed by atoms with van der Waals surface area (Å²) in [6.07, 6.45) is 3.44. The van der Waals surface area contributed by atoms with Crippen LogP contribution in [0.2, 0.25) is 0 Å². The van der Waals surface area contributed by atoms with E-state index < -0.39 is 10.0 Å². The van der Waals surface area contributed by atoms with Crippen molar-refractivity contribution in [1.82, 2.24) is 9.29 Å². The molecule has 0 radical (unpaired) electrons. The van der Waals surface area contributed by atoms with Crippen molar-refractivity contribution < 1.29 is 17.9 Å². The highest BCUT2D eigenvalue weighted by Gasteiger charge is 2.14. The summed E-state index contributed by atoms with van der Waals surface area (Å²) in [5.41, 5.74) is 2.09. The number of sulfonamides is 1. The molecule has 0 aliphatic rings. The molecule has 3 aromatic rings. The number of hydrogen-bond acceptors (Lipinski definition) is 4. The van der Waals surface area contributed by atoms with Gasteiger partial charge < -0.3 is 14.6 Å². The molecule has 152 valence electrons. The number of benzene rings is 2. The quantitative estimate of drug-likeness (QED) is 0.528. The van der Waals surface area contributed by atoms with E-state index in [1.807, 2.05) is 30.5 Å². The van der Waals surface area contributed by atoms with Gasteiger partial charge in [-0.05, 0) is 48.5 Å². The van der Waals surface area contributed by atoms with Gasteiger partial charge in [0, 0.05) is 48.5 Å². The van der Waals surface area contributed by atoms with Crippen LogP contribution in [0.3, 0.4) is 0 Å². The van der Waals surface area contributed by atoms with E-state index in [2.05, 4.69) is 21.2 Å². The van der Waals surface area contributed by atoms with E-state index in [1.54, 1.807) is 7.11 Å². The smallest absolute Gasteiger partial charge is 0.255 e. The van der Waals surface area contributed by atoms with Crippen LogP contribution < -0.4 is 10.0 Å². The Morgan fingerprint density at radius 1 is 1.17 bits per heavy atom. The third-order valence-electron chi connectivity index (χ3n) is 4.41. The number of hydrogen-bond donors (Lipinski definition) is 2. The number of amides is 1. The molecule has 1 heterocycles. The second kappa shape index (κ2) is 9.04. The van der Waals surface area contributed by atoms with Gasteiger partial charge >= 0.3 is 0 Å². The van der Waals surface area contributed by atoms with Crippen LogP contribution in [0, 0.1) is 0 Å². The SMILES string of the molecule is C=CCNS(=O)(=O)c1ccc(C(=O)Nc2ccc3c(ccn3CCOC)c2)cc1. The van der Waals surface area contributed by atoms with Gasteiger partial charge in [-0.3, -0.25) is 4.79 Å². The van der Waals surface area contributed by atoms with Gasteiger partial charge in [0.1, 0.15) is 0 Å². The molecule has 0 saturated carbocycles. The molecule has 7 nitrogen and oxygen atoms in total. The van der Waals surface area contributed by atoms with Crippen LogP contribution in [-0.4, -0.2) is 39.2 Å². The minimum atomic E-state index is -3.62. The van der Waals surface area contributed by atoms with E-state index in [-0.39, 0.29) is 17.3 Å². The summed E-state index contributed by atoms with van der Waals surface area (Å²) < 4.78 is 33.8. The Hall–Kier alpha value is -2.94. The van der Waals surface area contributed by atoms with Crippen molar-refractivity contribution in [2.24, 2.45) is 0 Å². The van der Waals surface area contributed by atoms with Crippen molar-refractivity contribution in [2.75, 3.05) is 25.6 Å². The Morgan fingerprint density at radius 3 is 2.62 bits per heavy atom. The maximum Gasteiger partial charge on any atom is 0.255 e. The predicted molar refractivity (Wildman–Crippen MR) is 114 cm³/mol. The molecule has 0 bridgehead atoms. The average Bonchev–Trinajstić information content (AvgIpc) is 3.13. The van der Waals surface area contributed by atoms with Crippen molar-refractivity contribution in [3.05, 3.63) is 72.9 Å². The molecule has 0 saturated heterocycles. The minimum Gasteiger partial charge on any atom is -0.383 e. The summed E-state index contributed by atoms with van der Waals surface area (Å²) >= 11 is 0. The Labute approximate surface area is 170 Å². The van der Waals surface area contributed by atoms with Gasteiger partial charge in [0.2, 0.25) is 10.0 Å². The first kappa shape index (κ1) is 20.8. The number of anilines is 1. The first-order valence-corrected chi connectivity index (χ1v) is 10.5. The molecule has 1 amide bonds. The van der Waals surface area contributed by atoms with Gasteiger partial charge in [-0.2, -0.15) is 0 Å². The molecule has 0 fully saturated rings. The van der Waals surface area contributed by atoms with Crippen molar-refractivity contribution in [1.29, 1.82) is 0 Å². The van der Waals surface area contributed by atoms with E-state index in [1.165, 1.54) is 30.3 Å². The van der Waals surface area contributed by atoms with Crippen molar-refractivity contribution in [3.63, 3.8) is 0 Å². The average molecular weight is 413 g/mol. The first-order valence-electron chi connectivity index (χ1n) is 9.04. The maximum atomic E-state index is 12.5. The van der Waals surface area contributed by atoms with Gasteiger partial charge in [0.05, 0.1) is 11.5 Å². The number of carbonyl (C=O) groups is 1. The number of aromatic nitrogens is 1. The van der Waals surface area contributed by atoms with Crippen LogP contribution in [0.1, 0.15) is 10.4 Å². The molecule has 8 heteroatoms. The summed E-state index contributed by atoms with van der Waals surface area (Å²) in [5, 5.41) is 3.85. The normalized spacial score (nSPS) is 11.5. The topological polar surface area (TPSA) is 89.4 Å². The van der Waals surface area contributed by atoms with Gasteiger partial charge in [0.25, 0.3) is 5.91 Å². The maximum absolute atomic E-state index is 12.5. The zero-order valence-electron chi connectivity index (χ0n) is 16.1. The summed E-state index contributed by atoms with van der Waals surface area (Å²) in [4.78, 5) is 12.6. The Kier molecular flexibility index (Phi) is 6.48. The fraction of sp³-hybridized carbons (Fsp3) is 0.190. The highest BCUT2D eigenvalue weighted by Crippen LogP contribution is 2.21. The number of ether oxygens (including phenoxy) is 1. The Balaban J connectivity index is 1.72. The molecule has 3 rings (SSSR count). The fourth-order valence-electron chi connectivity index (χ4n) is 2.90. The van der Waals surface area contributed by atoms with Crippen molar-refractivity contribution in [2.45, 2.75) is 11.4 Å². The number of methoxy groups -OCH3 is 1. The molecule has 29 heavy (non-hydrogen) atoms. The standard InChI is InChI=1S/C21H23N3O4S/c1-3-11-22-29(26,27)19-7-4-16(5-8-19)21(25)23-18-6-9-20-17(15-18)10-12-24(20)13-14-28-2/h3-10,12,15,22H,1,11,13-14H2,2H3,(H,23,25). The second-order valence-corrected chi connectivity index (χ2v) is 8.16. The van der Waals surface area contributed by atoms with Crippen LogP contribution in [-0.2, 0) is 21.3 Å². The lowest BCUT2D eigenvalue weighted by Crippen LogP contribution is -2.23. The molecule has 0 aliphatic heterocycles. The predicted octanol–water partition coefficient (Wildman–Crippen LogP) is 3.00. The highest BCUT2D eigenvalue weighted by atomic mass is 32.2. The summed E-state index contributed by atoms with van der Waals surface area (Å²) in [7, 11) is -1.95. The van der Waals surface area contributed by atoms with Gasteiger partial charge in [0.15, 0.2) is 0 Å². The zero-order chi connectivity index (χ0) is 20.9. The molecule has 0 unspecified atom stereocenters. The summed E-state index contributed by atoms with van der Waals surface area (Å²) in [6.45, 7) is 4.99. The Morgan fingerprint density at radius 2 is 1.93 bits per heavy atom. The molecule has 0 atom stereocenters. The van der Waals surface area contributed by atoms with Crippen LogP contribution >= 0.6 is 0 Å². The van der Waals surface area contributed by atoms with Crippen LogP contribution in [0.15, 0.2) is 72.3 Å². The molecule has 0 spiro atoms. The summed E-state index contributed by atoms with van der Waals surface area (Å²) in [5.74, 6) is -0.314. The third kappa shape index (κ3) is 4.92. The highest BCUT2D eigenvalue weighted by molar-refractivity contribution is 7.89. The largest absolute Gasteiger partial charge is 0.383 e. The summed E-state index contributed by atoms with van der Waals surface area (Å²) in [6, 6.07) is 13.4. The number of carbonyl (C=O) groups excluding carboxylic acids is 1. The van der Waals surface area contributed by atoms with Crippen LogP contribution in [0.5, 0.6) is 0 Å². The second-order valence-electron chi connectivity index (χ2n) is 6.39. The Bertz CT molecular complexity index is 1120. The van der Waals surface area contributed by atoms with Gasteiger partial charge in [-0.15, -0.1) is 6.58 Å². The number of nitrogens with zero attached hydrogens (tertiary/aromatic N) is 1. The van der Waals surface area contributed by atoms with E-state index in [0.29, 0.717) is 17.9 Å². The molecule has 1 aromatic heterocycles. The number of rotatable bonds is 9. The molecule has 2 aromatic carbocycles. The van der Waals surface area contributed by atoms with Crippen LogP contribution in [0.4, 0.5) is 5.69 Å². The van der Waals surface area contributed by atoms with Crippen LogP contribution in [0.25, 0.3) is 10.9 Å².